The lowest BCUT2D eigenvalue weighted by Gasteiger charge is -2.21. The molecule has 0 unspecified atom stereocenters. The van der Waals surface area contributed by atoms with E-state index in [2.05, 4.69) is 10.5 Å². The molecule has 7 nitrogen and oxygen atoms in total. The second kappa shape index (κ2) is 9.18. The summed E-state index contributed by atoms with van der Waals surface area (Å²) in [4.78, 5) is 12.2. The molecule has 2 rings (SSSR count). The molecule has 0 spiro atoms. The average Bonchev–Trinajstić information content (AvgIpc) is 2.65. The first-order valence-electron chi connectivity index (χ1n) is 8.40. The topological polar surface area (TPSA) is 88.1 Å². The minimum atomic E-state index is -3.65. The largest absolute Gasteiger partial charge is 0.494 e. The van der Waals surface area contributed by atoms with Gasteiger partial charge in [-0.25, -0.2) is 13.8 Å². The molecule has 1 N–H and O–H groups in total. The Kier molecular flexibility index (Phi) is 6.95. The van der Waals surface area contributed by atoms with Crippen LogP contribution < -0.4 is 14.5 Å². The number of benzene rings is 2. The van der Waals surface area contributed by atoms with Gasteiger partial charge in [-0.15, -0.1) is 0 Å². The molecule has 0 saturated carbocycles. The Morgan fingerprint density at radius 2 is 1.74 bits per heavy atom. The number of carbonyl (C=O) groups excluding carboxylic acids is 1. The zero-order valence-corrected chi connectivity index (χ0v) is 16.4. The third-order valence-corrected chi connectivity index (χ3v) is 4.80. The Bertz CT molecular complexity index is 894. The number of hydrogen-bond acceptors (Lipinski definition) is 5. The number of rotatable bonds is 8. The number of carbonyl (C=O) groups is 1. The van der Waals surface area contributed by atoms with Crippen molar-refractivity contribution in [2.75, 3.05) is 23.7 Å². The molecule has 0 fully saturated rings. The molecule has 2 aromatic carbocycles. The number of anilines is 1. The standard InChI is InChI=1S/C19H23N3O4S/c1-4-26-18-12-10-17(11-13-18)22(27(3,24)25)14-19(23)21-20-15(2)16-8-6-5-7-9-16/h5-13H,4,14H2,1-3H3,(H,21,23)/b20-15-. The molecule has 2 aromatic rings. The van der Waals surface area contributed by atoms with Crippen molar-refractivity contribution >= 4 is 27.3 Å². The molecule has 0 radical (unpaired) electrons. The Morgan fingerprint density at radius 1 is 1.11 bits per heavy atom. The van der Waals surface area contributed by atoms with E-state index >= 15 is 0 Å². The number of ether oxygens (including phenoxy) is 1. The van der Waals surface area contributed by atoms with Crippen LogP contribution in [0.3, 0.4) is 0 Å². The first-order chi connectivity index (χ1) is 12.8. The van der Waals surface area contributed by atoms with Gasteiger partial charge in [0.25, 0.3) is 5.91 Å². The third-order valence-electron chi connectivity index (χ3n) is 3.66. The van der Waals surface area contributed by atoms with Crippen LogP contribution in [-0.2, 0) is 14.8 Å². The monoisotopic (exact) mass is 389 g/mol. The summed E-state index contributed by atoms with van der Waals surface area (Å²) in [6.07, 6.45) is 1.05. The van der Waals surface area contributed by atoms with Crippen molar-refractivity contribution in [1.82, 2.24) is 5.43 Å². The number of hydrazone groups is 1. The van der Waals surface area contributed by atoms with Gasteiger partial charge in [0, 0.05) is 0 Å². The fourth-order valence-corrected chi connectivity index (χ4v) is 3.19. The quantitative estimate of drug-likeness (QED) is 0.555. The molecule has 27 heavy (non-hydrogen) atoms. The van der Waals surface area contributed by atoms with Gasteiger partial charge in [0.1, 0.15) is 12.3 Å². The summed E-state index contributed by atoms with van der Waals surface area (Å²) in [5, 5.41) is 4.04. The van der Waals surface area contributed by atoms with Crippen LogP contribution in [0.25, 0.3) is 0 Å². The third kappa shape index (κ3) is 6.10. The van der Waals surface area contributed by atoms with Crippen LogP contribution in [0.15, 0.2) is 59.7 Å². The summed E-state index contributed by atoms with van der Waals surface area (Å²) in [5.74, 6) is 0.0897. The first-order valence-corrected chi connectivity index (χ1v) is 10.2. The maximum atomic E-state index is 12.2. The summed E-state index contributed by atoms with van der Waals surface area (Å²) in [6.45, 7) is 3.75. The molecule has 0 aliphatic heterocycles. The van der Waals surface area contributed by atoms with Crippen LogP contribution in [0.2, 0.25) is 0 Å². The van der Waals surface area contributed by atoms with E-state index in [0.29, 0.717) is 23.8 Å². The Balaban J connectivity index is 2.11. The van der Waals surface area contributed by atoms with Gasteiger partial charge in [-0.3, -0.25) is 9.10 Å². The van der Waals surface area contributed by atoms with Crippen molar-refractivity contribution in [3.8, 4) is 5.75 Å². The zero-order chi connectivity index (χ0) is 19.9. The molecule has 0 aliphatic carbocycles. The van der Waals surface area contributed by atoms with E-state index < -0.39 is 15.9 Å². The van der Waals surface area contributed by atoms with Gasteiger partial charge in [0.05, 0.1) is 24.3 Å². The second-order valence-corrected chi connectivity index (χ2v) is 7.70. The van der Waals surface area contributed by atoms with E-state index in [-0.39, 0.29) is 6.54 Å². The molecule has 0 saturated heterocycles. The van der Waals surface area contributed by atoms with E-state index in [0.717, 1.165) is 16.1 Å². The molecule has 144 valence electrons. The van der Waals surface area contributed by atoms with E-state index in [1.165, 1.54) is 0 Å². The highest BCUT2D eigenvalue weighted by Gasteiger charge is 2.20. The lowest BCUT2D eigenvalue weighted by molar-refractivity contribution is -0.119. The number of sulfonamides is 1. The van der Waals surface area contributed by atoms with Crippen LogP contribution in [0.1, 0.15) is 19.4 Å². The zero-order valence-electron chi connectivity index (χ0n) is 15.5. The minimum Gasteiger partial charge on any atom is -0.494 e. The van der Waals surface area contributed by atoms with Crippen LogP contribution >= 0.6 is 0 Å². The molecule has 0 aliphatic rings. The lowest BCUT2D eigenvalue weighted by atomic mass is 10.1. The molecular weight excluding hydrogens is 366 g/mol. The fraction of sp³-hybridized carbons (Fsp3) is 0.263. The lowest BCUT2D eigenvalue weighted by Crippen LogP contribution is -2.39. The summed E-state index contributed by atoms with van der Waals surface area (Å²) >= 11 is 0. The minimum absolute atomic E-state index is 0.375. The van der Waals surface area contributed by atoms with Gasteiger partial charge in [-0.1, -0.05) is 30.3 Å². The van der Waals surface area contributed by atoms with Crippen LogP contribution in [0.4, 0.5) is 5.69 Å². The Labute approximate surface area is 159 Å². The highest BCUT2D eigenvalue weighted by atomic mass is 32.2. The van der Waals surface area contributed by atoms with Crippen LogP contribution in [-0.4, -0.2) is 39.4 Å². The Hall–Kier alpha value is -2.87. The van der Waals surface area contributed by atoms with Crippen molar-refractivity contribution in [1.29, 1.82) is 0 Å². The first kappa shape index (κ1) is 20.4. The van der Waals surface area contributed by atoms with Crippen LogP contribution in [0, 0.1) is 0 Å². The number of nitrogens with zero attached hydrogens (tertiary/aromatic N) is 2. The highest BCUT2D eigenvalue weighted by Crippen LogP contribution is 2.21. The van der Waals surface area contributed by atoms with Gasteiger partial charge in [0.15, 0.2) is 0 Å². The predicted octanol–water partition coefficient (Wildman–Crippen LogP) is 2.39. The summed E-state index contributed by atoms with van der Waals surface area (Å²) in [5.41, 5.74) is 4.26. The Morgan fingerprint density at radius 3 is 2.30 bits per heavy atom. The molecule has 0 aromatic heterocycles. The van der Waals surface area contributed by atoms with Crippen molar-refractivity contribution < 1.29 is 17.9 Å². The highest BCUT2D eigenvalue weighted by molar-refractivity contribution is 7.92. The van der Waals surface area contributed by atoms with E-state index in [9.17, 15) is 13.2 Å². The maximum absolute atomic E-state index is 12.2. The molecular formula is C19H23N3O4S. The molecule has 8 heteroatoms. The van der Waals surface area contributed by atoms with Gasteiger partial charge >= 0.3 is 0 Å². The van der Waals surface area contributed by atoms with E-state index in [1.54, 1.807) is 31.2 Å². The van der Waals surface area contributed by atoms with Crippen LogP contribution in [0.5, 0.6) is 5.75 Å². The van der Waals surface area contributed by atoms with Gasteiger partial charge in [0.2, 0.25) is 10.0 Å². The molecule has 0 heterocycles. The van der Waals surface area contributed by atoms with Gasteiger partial charge in [-0.05, 0) is 43.7 Å². The average molecular weight is 389 g/mol. The van der Waals surface area contributed by atoms with Gasteiger partial charge < -0.3 is 4.74 Å². The summed E-state index contributed by atoms with van der Waals surface area (Å²) in [6, 6.07) is 15.9. The summed E-state index contributed by atoms with van der Waals surface area (Å²) < 4.78 is 30.6. The summed E-state index contributed by atoms with van der Waals surface area (Å²) in [7, 11) is -3.65. The fourth-order valence-electron chi connectivity index (χ4n) is 2.33. The van der Waals surface area contributed by atoms with E-state index in [1.807, 2.05) is 37.3 Å². The second-order valence-electron chi connectivity index (χ2n) is 5.79. The van der Waals surface area contributed by atoms with E-state index in [4.69, 9.17) is 4.74 Å². The predicted molar refractivity (Wildman–Crippen MR) is 107 cm³/mol. The van der Waals surface area contributed by atoms with Crippen molar-refractivity contribution in [3.63, 3.8) is 0 Å². The SMILES string of the molecule is CCOc1ccc(N(CC(=O)N/N=C(/C)c2ccccc2)S(C)(=O)=O)cc1. The van der Waals surface area contributed by atoms with Crippen molar-refractivity contribution in [2.45, 2.75) is 13.8 Å². The van der Waals surface area contributed by atoms with Gasteiger partial charge in [-0.2, -0.15) is 5.10 Å². The smallest absolute Gasteiger partial charge is 0.260 e. The van der Waals surface area contributed by atoms with Crippen molar-refractivity contribution in [3.05, 3.63) is 60.2 Å². The molecule has 0 atom stereocenters. The molecule has 0 bridgehead atoms. The number of amides is 1. The maximum Gasteiger partial charge on any atom is 0.260 e. The number of hydrogen-bond donors (Lipinski definition) is 1. The van der Waals surface area contributed by atoms with Crippen molar-refractivity contribution in [2.24, 2.45) is 5.10 Å². The number of nitrogens with one attached hydrogen (secondary N) is 1. The normalized spacial score (nSPS) is 11.7. The molecule has 1 amide bonds.